The van der Waals surface area contributed by atoms with Gasteiger partial charge in [-0.3, -0.25) is 19.3 Å². The topological polar surface area (TPSA) is 75.7 Å². The molecule has 3 aromatic rings. The molecule has 0 spiro atoms. The second-order valence-corrected chi connectivity index (χ2v) is 8.92. The largest absolute Gasteiger partial charge is 0.488 e. The lowest BCUT2D eigenvalue weighted by molar-refractivity contribution is -0.127. The molecule has 0 radical (unpaired) electrons. The molecular weight excluding hydrogens is 448 g/mol. The van der Waals surface area contributed by atoms with Crippen LogP contribution in [0.4, 0.5) is 10.5 Å². The van der Waals surface area contributed by atoms with Gasteiger partial charge in [0.2, 0.25) is 5.91 Å². The van der Waals surface area contributed by atoms with Crippen molar-refractivity contribution in [2.75, 3.05) is 11.9 Å². The first kappa shape index (κ1) is 23.3. The first-order valence-electron chi connectivity index (χ1n) is 10.8. The molecule has 1 N–H and O–H groups in total. The Labute approximate surface area is 202 Å². The van der Waals surface area contributed by atoms with Crippen molar-refractivity contribution in [1.82, 2.24) is 4.90 Å². The molecule has 0 atom stereocenters. The van der Waals surface area contributed by atoms with Crippen LogP contribution in [-0.2, 0) is 16.2 Å². The van der Waals surface area contributed by atoms with Crippen molar-refractivity contribution in [3.05, 3.63) is 100.0 Å². The van der Waals surface area contributed by atoms with Crippen LogP contribution >= 0.6 is 11.8 Å². The highest BCUT2D eigenvalue weighted by Crippen LogP contribution is 2.34. The summed E-state index contributed by atoms with van der Waals surface area (Å²) in [7, 11) is 0. The van der Waals surface area contributed by atoms with E-state index in [9.17, 15) is 14.4 Å². The molecular formula is C27H24N2O4S. The number of nitrogens with zero attached hydrogens (tertiary/aromatic N) is 1. The number of para-hydroxylation sites is 1. The van der Waals surface area contributed by atoms with Crippen molar-refractivity contribution >= 4 is 40.6 Å². The average molecular weight is 473 g/mol. The van der Waals surface area contributed by atoms with Crippen LogP contribution in [-0.4, -0.2) is 28.5 Å². The van der Waals surface area contributed by atoms with Crippen LogP contribution in [0, 0.1) is 13.8 Å². The molecule has 0 aliphatic carbocycles. The number of anilines is 1. The van der Waals surface area contributed by atoms with E-state index in [0.717, 1.165) is 33.4 Å². The van der Waals surface area contributed by atoms with E-state index in [-0.39, 0.29) is 11.4 Å². The van der Waals surface area contributed by atoms with E-state index >= 15 is 0 Å². The molecule has 0 bridgehead atoms. The number of carbonyl (C=O) groups is 3. The SMILES string of the molecule is Cc1ccc(NC(=O)CN2C(=O)S/C(=C/c3ccccc3OCc3ccccc3)C2=O)cc1C. The highest BCUT2D eigenvalue weighted by atomic mass is 32.2. The van der Waals surface area contributed by atoms with Gasteiger partial charge >= 0.3 is 0 Å². The van der Waals surface area contributed by atoms with Gasteiger partial charge in [0.15, 0.2) is 0 Å². The fourth-order valence-corrected chi connectivity index (χ4v) is 4.24. The first-order valence-corrected chi connectivity index (χ1v) is 11.6. The Hall–Kier alpha value is -3.84. The summed E-state index contributed by atoms with van der Waals surface area (Å²) in [6.07, 6.45) is 1.63. The lowest BCUT2D eigenvalue weighted by Crippen LogP contribution is -2.36. The van der Waals surface area contributed by atoms with Gasteiger partial charge in [0, 0.05) is 11.3 Å². The Bertz CT molecular complexity index is 1270. The molecule has 1 heterocycles. The molecule has 0 unspecified atom stereocenters. The molecule has 3 amide bonds. The summed E-state index contributed by atoms with van der Waals surface area (Å²) in [5.41, 5.74) is 4.48. The summed E-state index contributed by atoms with van der Waals surface area (Å²) in [5, 5.41) is 2.27. The van der Waals surface area contributed by atoms with Crippen molar-refractivity contribution in [2.24, 2.45) is 0 Å². The first-order chi connectivity index (χ1) is 16.4. The number of carbonyl (C=O) groups excluding carboxylic acids is 3. The maximum atomic E-state index is 12.9. The minimum Gasteiger partial charge on any atom is -0.488 e. The molecule has 7 heteroatoms. The lowest BCUT2D eigenvalue weighted by atomic mass is 10.1. The number of hydrogen-bond acceptors (Lipinski definition) is 5. The Morgan fingerprint density at radius 2 is 1.71 bits per heavy atom. The Balaban J connectivity index is 1.44. The van der Waals surface area contributed by atoms with Gasteiger partial charge in [-0.2, -0.15) is 0 Å². The van der Waals surface area contributed by atoms with Crippen LogP contribution in [0.2, 0.25) is 0 Å². The second-order valence-electron chi connectivity index (χ2n) is 7.93. The highest BCUT2D eigenvalue weighted by molar-refractivity contribution is 8.18. The van der Waals surface area contributed by atoms with Crippen LogP contribution in [0.3, 0.4) is 0 Å². The van der Waals surface area contributed by atoms with E-state index in [0.29, 0.717) is 23.6 Å². The van der Waals surface area contributed by atoms with Gasteiger partial charge in [-0.1, -0.05) is 54.6 Å². The number of nitrogens with one attached hydrogen (secondary N) is 1. The zero-order valence-electron chi connectivity index (χ0n) is 18.9. The summed E-state index contributed by atoms with van der Waals surface area (Å²) in [6.45, 7) is 3.97. The van der Waals surface area contributed by atoms with E-state index in [1.54, 1.807) is 12.1 Å². The van der Waals surface area contributed by atoms with Gasteiger partial charge in [0.05, 0.1) is 4.91 Å². The molecule has 172 valence electrons. The number of rotatable bonds is 7. The lowest BCUT2D eigenvalue weighted by Gasteiger charge is -2.13. The molecule has 0 aromatic heterocycles. The number of benzene rings is 3. The predicted octanol–water partition coefficient (Wildman–Crippen LogP) is 5.56. The minimum absolute atomic E-state index is 0.250. The predicted molar refractivity (Wildman–Crippen MR) is 134 cm³/mol. The van der Waals surface area contributed by atoms with E-state index in [4.69, 9.17) is 4.74 Å². The quantitative estimate of drug-likeness (QED) is 0.456. The van der Waals surface area contributed by atoms with Gasteiger partial charge in [-0.25, -0.2) is 0 Å². The van der Waals surface area contributed by atoms with Crippen molar-refractivity contribution in [3.8, 4) is 5.75 Å². The van der Waals surface area contributed by atoms with Crippen molar-refractivity contribution < 1.29 is 19.1 Å². The number of aryl methyl sites for hydroxylation is 2. The standard InChI is InChI=1S/C27H24N2O4S/c1-18-12-13-22(14-19(18)2)28-25(30)16-29-26(31)24(34-27(29)32)15-21-10-6-7-11-23(21)33-17-20-8-4-3-5-9-20/h3-15H,16-17H2,1-2H3,(H,28,30)/b24-15+. The van der Waals surface area contributed by atoms with Crippen molar-refractivity contribution in [1.29, 1.82) is 0 Å². The minimum atomic E-state index is -0.497. The van der Waals surface area contributed by atoms with Crippen molar-refractivity contribution in [3.63, 3.8) is 0 Å². The van der Waals surface area contributed by atoms with E-state index in [1.165, 1.54) is 0 Å². The summed E-state index contributed by atoms with van der Waals surface area (Å²) < 4.78 is 5.94. The Morgan fingerprint density at radius 1 is 0.971 bits per heavy atom. The molecule has 3 aromatic carbocycles. The summed E-state index contributed by atoms with van der Waals surface area (Å²) in [5.74, 6) is -0.327. The highest BCUT2D eigenvalue weighted by Gasteiger charge is 2.36. The van der Waals surface area contributed by atoms with Gasteiger partial charge in [-0.05, 0) is 66.6 Å². The van der Waals surface area contributed by atoms with E-state index < -0.39 is 17.1 Å². The molecule has 34 heavy (non-hydrogen) atoms. The third-order valence-electron chi connectivity index (χ3n) is 5.41. The number of amides is 3. The Morgan fingerprint density at radius 3 is 2.47 bits per heavy atom. The normalized spacial score (nSPS) is 14.5. The molecule has 1 aliphatic rings. The van der Waals surface area contributed by atoms with E-state index in [1.807, 2.05) is 80.6 Å². The third kappa shape index (κ3) is 5.55. The molecule has 0 saturated carbocycles. The van der Waals surface area contributed by atoms with Gasteiger partial charge in [-0.15, -0.1) is 0 Å². The maximum absolute atomic E-state index is 12.9. The van der Waals surface area contributed by atoms with E-state index in [2.05, 4.69) is 5.32 Å². The fourth-order valence-electron chi connectivity index (χ4n) is 3.41. The number of imide groups is 1. The summed E-state index contributed by atoms with van der Waals surface area (Å²) in [6, 6.07) is 22.6. The maximum Gasteiger partial charge on any atom is 0.294 e. The zero-order valence-corrected chi connectivity index (χ0v) is 19.7. The molecule has 1 fully saturated rings. The van der Waals surface area contributed by atoms with Crippen LogP contribution in [0.15, 0.2) is 77.7 Å². The Kier molecular flexibility index (Phi) is 7.13. The fraction of sp³-hybridized carbons (Fsp3) is 0.148. The van der Waals surface area contributed by atoms with Crippen LogP contribution in [0.1, 0.15) is 22.3 Å². The van der Waals surface area contributed by atoms with Gasteiger partial charge in [0.1, 0.15) is 18.9 Å². The van der Waals surface area contributed by atoms with Gasteiger partial charge < -0.3 is 10.1 Å². The molecule has 1 aliphatic heterocycles. The summed E-state index contributed by atoms with van der Waals surface area (Å²) >= 11 is 0.815. The number of hydrogen-bond donors (Lipinski definition) is 1. The molecule has 1 saturated heterocycles. The van der Waals surface area contributed by atoms with Crippen molar-refractivity contribution in [2.45, 2.75) is 20.5 Å². The van der Waals surface area contributed by atoms with Crippen LogP contribution in [0.5, 0.6) is 5.75 Å². The van der Waals surface area contributed by atoms with Crippen LogP contribution in [0.25, 0.3) is 6.08 Å². The number of ether oxygens (including phenoxy) is 1. The molecule has 6 nitrogen and oxygen atoms in total. The number of thioether (sulfide) groups is 1. The zero-order chi connectivity index (χ0) is 24.1. The average Bonchev–Trinajstić information content (AvgIpc) is 3.09. The van der Waals surface area contributed by atoms with Crippen LogP contribution < -0.4 is 10.1 Å². The summed E-state index contributed by atoms with van der Waals surface area (Å²) in [4.78, 5) is 39.1. The third-order valence-corrected chi connectivity index (χ3v) is 6.32. The van der Waals surface area contributed by atoms with Gasteiger partial charge in [0.25, 0.3) is 11.1 Å². The molecule has 4 rings (SSSR count). The second kappa shape index (κ2) is 10.4. The monoisotopic (exact) mass is 472 g/mol. The smallest absolute Gasteiger partial charge is 0.294 e.